The Bertz CT molecular complexity index is 1220. The van der Waals surface area contributed by atoms with Crippen molar-refractivity contribution in [3.05, 3.63) is 60.9 Å². The van der Waals surface area contributed by atoms with Crippen LogP contribution in [0.2, 0.25) is 0 Å². The molecule has 0 aliphatic carbocycles. The molecule has 1 aliphatic rings. The lowest BCUT2D eigenvalue weighted by Gasteiger charge is -2.08. The monoisotopic (exact) mass is 387 g/mol. The van der Waals surface area contributed by atoms with Gasteiger partial charge < -0.3 is 20.1 Å². The number of carbonyl (C=O) groups is 1. The molecule has 8 nitrogen and oxygen atoms in total. The Kier molecular flexibility index (Phi) is 4.02. The summed E-state index contributed by atoms with van der Waals surface area (Å²) in [5, 5.41) is 10.4. The van der Waals surface area contributed by atoms with Crippen LogP contribution in [-0.2, 0) is 4.79 Å². The van der Waals surface area contributed by atoms with Gasteiger partial charge in [0.05, 0.1) is 6.20 Å². The summed E-state index contributed by atoms with van der Waals surface area (Å²) in [6, 6.07) is 15.1. The molecular weight excluding hydrogens is 370 g/mol. The number of nitrogens with one attached hydrogen (secondary N) is 2. The van der Waals surface area contributed by atoms with Crippen LogP contribution in [0.3, 0.4) is 0 Å². The molecule has 0 saturated carbocycles. The molecule has 5 rings (SSSR count). The number of aromatic nitrogens is 3. The molecule has 0 fully saturated rings. The number of amides is 1. The van der Waals surface area contributed by atoms with E-state index in [0.717, 1.165) is 39.6 Å². The zero-order valence-electron chi connectivity index (χ0n) is 15.5. The van der Waals surface area contributed by atoms with E-state index in [1.54, 1.807) is 10.7 Å². The third-order valence-corrected chi connectivity index (χ3v) is 4.53. The summed E-state index contributed by atoms with van der Waals surface area (Å²) in [6.45, 7) is 1.72. The summed E-state index contributed by atoms with van der Waals surface area (Å²) in [6.07, 6.45) is 3.64. The predicted octanol–water partition coefficient (Wildman–Crippen LogP) is 3.83. The minimum absolute atomic E-state index is 0.102. The van der Waals surface area contributed by atoms with Crippen LogP contribution in [0.25, 0.3) is 16.8 Å². The van der Waals surface area contributed by atoms with Gasteiger partial charge in [0.2, 0.25) is 12.7 Å². The average molecular weight is 387 g/mol. The van der Waals surface area contributed by atoms with Crippen LogP contribution in [0.1, 0.15) is 6.92 Å². The van der Waals surface area contributed by atoms with Gasteiger partial charge in [0.15, 0.2) is 17.1 Å². The summed E-state index contributed by atoms with van der Waals surface area (Å²) < 4.78 is 12.6. The van der Waals surface area contributed by atoms with Crippen LogP contribution in [0.15, 0.2) is 60.9 Å². The Morgan fingerprint density at radius 2 is 1.83 bits per heavy atom. The van der Waals surface area contributed by atoms with E-state index in [1.807, 2.05) is 54.7 Å². The SMILES string of the molecule is CC(=O)Nc1ccc(Nc2ccn3ncc(-c4ccc5c(c4)OCO5)c3n2)cc1. The molecule has 2 aromatic carbocycles. The molecule has 144 valence electrons. The van der Waals surface area contributed by atoms with Crippen molar-refractivity contribution in [2.45, 2.75) is 6.92 Å². The first kappa shape index (κ1) is 17.1. The summed E-state index contributed by atoms with van der Waals surface area (Å²) in [7, 11) is 0. The zero-order chi connectivity index (χ0) is 19.8. The molecule has 4 aromatic rings. The third-order valence-electron chi connectivity index (χ3n) is 4.53. The van der Waals surface area contributed by atoms with Gasteiger partial charge in [-0.25, -0.2) is 9.50 Å². The molecule has 0 bridgehead atoms. The zero-order valence-corrected chi connectivity index (χ0v) is 15.5. The first-order valence-electron chi connectivity index (χ1n) is 9.05. The van der Waals surface area contributed by atoms with Gasteiger partial charge in [0.1, 0.15) is 5.82 Å². The highest BCUT2D eigenvalue weighted by Crippen LogP contribution is 2.36. The molecular formula is C21H17N5O3. The van der Waals surface area contributed by atoms with Gasteiger partial charge in [-0.3, -0.25) is 4.79 Å². The summed E-state index contributed by atoms with van der Waals surface area (Å²) in [4.78, 5) is 15.9. The van der Waals surface area contributed by atoms with Crippen molar-refractivity contribution in [3.8, 4) is 22.6 Å². The fourth-order valence-electron chi connectivity index (χ4n) is 3.19. The maximum absolute atomic E-state index is 11.1. The molecule has 29 heavy (non-hydrogen) atoms. The van der Waals surface area contributed by atoms with E-state index in [2.05, 4.69) is 15.7 Å². The van der Waals surface area contributed by atoms with E-state index in [4.69, 9.17) is 14.5 Å². The van der Waals surface area contributed by atoms with Crippen LogP contribution in [0, 0.1) is 0 Å². The topological polar surface area (TPSA) is 89.8 Å². The largest absolute Gasteiger partial charge is 0.454 e. The van der Waals surface area contributed by atoms with Gasteiger partial charge in [0, 0.05) is 30.1 Å². The molecule has 0 radical (unpaired) electrons. The standard InChI is InChI=1S/C21H17N5O3/c1-13(27)23-15-3-5-16(6-4-15)24-20-8-9-26-21(25-20)17(11-22-26)14-2-7-18-19(10-14)29-12-28-18/h2-11H,12H2,1H3,(H,23,27)(H,24,25). The Balaban J connectivity index is 1.44. The molecule has 2 aromatic heterocycles. The minimum Gasteiger partial charge on any atom is -0.454 e. The lowest BCUT2D eigenvalue weighted by Crippen LogP contribution is -2.05. The second-order valence-corrected chi connectivity index (χ2v) is 6.59. The molecule has 0 atom stereocenters. The number of rotatable bonds is 4. The van der Waals surface area contributed by atoms with E-state index in [9.17, 15) is 4.79 Å². The Morgan fingerprint density at radius 3 is 2.66 bits per heavy atom. The van der Waals surface area contributed by atoms with Gasteiger partial charge in [0.25, 0.3) is 0 Å². The number of nitrogens with zero attached hydrogens (tertiary/aromatic N) is 3. The molecule has 0 unspecified atom stereocenters. The van der Waals surface area contributed by atoms with E-state index < -0.39 is 0 Å². The number of anilines is 3. The minimum atomic E-state index is -0.102. The summed E-state index contributed by atoms with van der Waals surface area (Å²) in [5.41, 5.74) is 4.18. The van der Waals surface area contributed by atoms with Gasteiger partial charge in [-0.05, 0) is 48.0 Å². The molecule has 8 heteroatoms. The Morgan fingerprint density at radius 1 is 1.03 bits per heavy atom. The smallest absolute Gasteiger partial charge is 0.231 e. The van der Waals surface area contributed by atoms with Gasteiger partial charge in [-0.2, -0.15) is 5.10 Å². The molecule has 1 aliphatic heterocycles. The lowest BCUT2D eigenvalue weighted by molar-refractivity contribution is -0.114. The van der Waals surface area contributed by atoms with Crippen molar-refractivity contribution in [2.24, 2.45) is 0 Å². The first-order chi connectivity index (χ1) is 14.2. The van der Waals surface area contributed by atoms with Crippen molar-refractivity contribution < 1.29 is 14.3 Å². The van der Waals surface area contributed by atoms with Crippen LogP contribution >= 0.6 is 0 Å². The molecule has 0 saturated heterocycles. The summed E-state index contributed by atoms with van der Waals surface area (Å²) >= 11 is 0. The molecule has 3 heterocycles. The Hall–Kier alpha value is -4.07. The van der Waals surface area contributed by atoms with Crippen LogP contribution in [0.4, 0.5) is 17.2 Å². The van der Waals surface area contributed by atoms with Gasteiger partial charge in [-0.1, -0.05) is 6.07 Å². The van der Waals surface area contributed by atoms with E-state index >= 15 is 0 Å². The van der Waals surface area contributed by atoms with E-state index in [1.165, 1.54) is 6.92 Å². The fraction of sp³-hybridized carbons (Fsp3) is 0.0952. The number of carbonyl (C=O) groups excluding carboxylic acids is 1. The first-order valence-corrected chi connectivity index (χ1v) is 9.05. The second-order valence-electron chi connectivity index (χ2n) is 6.59. The number of fused-ring (bicyclic) bond motifs is 2. The van der Waals surface area contributed by atoms with Crippen molar-refractivity contribution in [3.63, 3.8) is 0 Å². The number of hydrogen-bond donors (Lipinski definition) is 2. The summed E-state index contributed by atoms with van der Waals surface area (Å²) in [5.74, 6) is 2.04. The molecule has 0 spiro atoms. The van der Waals surface area contributed by atoms with Crippen molar-refractivity contribution in [2.75, 3.05) is 17.4 Å². The van der Waals surface area contributed by atoms with Gasteiger partial charge in [-0.15, -0.1) is 0 Å². The highest BCUT2D eigenvalue weighted by Gasteiger charge is 2.16. The predicted molar refractivity (Wildman–Crippen MR) is 109 cm³/mol. The van der Waals surface area contributed by atoms with Crippen molar-refractivity contribution >= 4 is 28.7 Å². The quantitative estimate of drug-likeness (QED) is 0.553. The van der Waals surface area contributed by atoms with E-state index in [-0.39, 0.29) is 12.7 Å². The fourth-order valence-corrected chi connectivity index (χ4v) is 3.19. The number of hydrogen-bond acceptors (Lipinski definition) is 6. The number of ether oxygens (including phenoxy) is 2. The third kappa shape index (κ3) is 3.31. The highest BCUT2D eigenvalue weighted by molar-refractivity contribution is 5.88. The Labute approximate surface area is 166 Å². The molecule has 2 N–H and O–H groups in total. The maximum atomic E-state index is 11.1. The average Bonchev–Trinajstić information content (AvgIpc) is 3.35. The van der Waals surface area contributed by atoms with Gasteiger partial charge >= 0.3 is 0 Å². The van der Waals surface area contributed by atoms with Crippen molar-refractivity contribution in [1.82, 2.24) is 14.6 Å². The second kappa shape index (κ2) is 6.83. The van der Waals surface area contributed by atoms with E-state index in [0.29, 0.717) is 5.82 Å². The highest BCUT2D eigenvalue weighted by atomic mass is 16.7. The maximum Gasteiger partial charge on any atom is 0.231 e. The number of benzene rings is 2. The van der Waals surface area contributed by atoms with Crippen LogP contribution in [0.5, 0.6) is 11.5 Å². The lowest BCUT2D eigenvalue weighted by atomic mass is 10.1. The van der Waals surface area contributed by atoms with Crippen LogP contribution in [-0.4, -0.2) is 27.3 Å². The van der Waals surface area contributed by atoms with Crippen LogP contribution < -0.4 is 20.1 Å². The molecule has 1 amide bonds. The normalized spacial score (nSPS) is 12.2. The van der Waals surface area contributed by atoms with Crippen molar-refractivity contribution in [1.29, 1.82) is 0 Å².